The van der Waals surface area contributed by atoms with Crippen LogP contribution in [0.4, 0.5) is 5.69 Å². The summed E-state index contributed by atoms with van der Waals surface area (Å²) in [4.78, 5) is 23.2. The third-order valence-corrected chi connectivity index (χ3v) is 3.99. The average molecular weight is 301 g/mol. The summed E-state index contributed by atoms with van der Waals surface area (Å²) in [6, 6.07) is 6.93. The van der Waals surface area contributed by atoms with E-state index in [0.29, 0.717) is 15.0 Å². The Morgan fingerprint density at radius 3 is 2.83 bits per heavy atom. The first-order chi connectivity index (χ1) is 8.56. The first-order valence-electron chi connectivity index (χ1n) is 5.12. The van der Waals surface area contributed by atoms with E-state index in [1.54, 1.807) is 24.3 Å². The lowest BCUT2D eigenvalue weighted by Gasteiger charge is -2.08. The van der Waals surface area contributed by atoms with Crippen molar-refractivity contribution in [1.29, 1.82) is 0 Å². The van der Waals surface area contributed by atoms with Gasteiger partial charge in [-0.25, -0.2) is 0 Å². The molecule has 1 heterocycles. The number of thioether (sulfide) groups is 1. The molecular weight excluding hydrogens is 292 g/mol. The number of amides is 2. The molecule has 7 heteroatoms. The standard InChI is InChI=1S/C11H9ClN2O2S2/c12-6-3-1-2-4-7(6)13-9(15)5-8-10(16)14-11(17)18-8/h1-4,8H,5H2,(H,13,15)(H,14,16,17)/t8-/m0/s1. The summed E-state index contributed by atoms with van der Waals surface area (Å²) in [6.45, 7) is 0. The first kappa shape index (κ1) is 13.3. The Hall–Kier alpha value is -1.11. The Morgan fingerprint density at radius 2 is 2.22 bits per heavy atom. The molecule has 0 unspecified atom stereocenters. The van der Waals surface area contributed by atoms with Gasteiger partial charge in [-0.1, -0.05) is 47.7 Å². The monoisotopic (exact) mass is 300 g/mol. The maximum atomic E-state index is 11.8. The highest BCUT2D eigenvalue weighted by atomic mass is 35.5. The molecule has 94 valence electrons. The molecule has 0 saturated carbocycles. The van der Waals surface area contributed by atoms with Gasteiger partial charge in [0.05, 0.1) is 16.0 Å². The van der Waals surface area contributed by atoms with Crippen molar-refractivity contribution in [1.82, 2.24) is 5.32 Å². The minimum atomic E-state index is -0.458. The molecule has 18 heavy (non-hydrogen) atoms. The number of benzene rings is 1. The fraction of sp³-hybridized carbons (Fsp3) is 0.182. The maximum absolute atomic E-state index is 11.8. The highest BCUT2D eigenvalue weighted by Crippen LogP contribution is 2.24. The van der Waals surface area contributed by atoms with Gasteiger partial charge in [-0.2, -0.15) is 0 Å². The molecule has 0 aliphatic carbocycles. The molecule has 2 amide bonds. The summed E-state index contributed by atoms with van der Waals surface area (Å²) in [5.74, 6) is -0.486. The van der Waals surface area contributed by atoms with Crippen molar-refractivity contribution in [2.75, 3.05) is 5.32 Å². The molecule has 1 aromatic carbocycles. The van der Waals surface area contributed by atoms with E-state index in [0.717, 1.165) is 0 Å². The summed E-state index contributed by atoms with van der Waals surface area (Å²) < 4.78 is 0.413. The molecule has 4 nitrogen and oxygen atoms in total. The average Bonchev–Trinajstić information content (AvgIpc) is 2.61. The Morgan fingerprint density at radius 1 is 1.50 bits per heavy atom. The van der Waals surface area contributed by atoms with Crippen molar-refractivity contribution in [2.45, 2.75) is 11.7 Å². The van der Waals surface area contributed by atoms with Crippen LogP contribution in [0, 0.1) is 0 Å². The molecular formula is C11H9ClN2O2S2. The van der Waals surface area contributed by atoms with E-state index in [-0.39, 0.29) is 18.2 Å². The van der Waals surface area contributed by atoms with Crippen molar-refractivity contribution in [3.63, 3.8) is 0 Å². The Kier molecular flexibility index (Phi) is 4.21. The summed E-state index contributed by atoms with van der Waals surface area (Å²) >= 11 is 12.0. The highest BCUT2D eigenvalue weighted by Gasteiger charge is 2.30. The first-order valence-corrected chi connectivity index (χ1v) is 6.78. The topological polar surface area (TPSA) is 58.2 Å². The van der Waals surface area contributed by atoms with Crippen LogP contribution >= 0.6 is 35.6 Å². The van der Waals surface area contributed by atoms with Crippen LogP contribution in [-0.4, -0.2) is 21.4 Å². The van der Waals surface area contributed by atoms with Crippen LogP contribution in [0.15, 0.2) is 24.3 Å². The van der Waals surface area contributed by atoms with Crippen LogP contribution in [0.2, 0.25) is 5.02 Å². The largest absolute Gasteiger partial charge is 0.325 e. The van der Waals surface area contributed by atoms with Crippen LogP contribution in [0.3, 0.4) is 0 Å². The number of carbonyl (C=O) groups is 2. The highest BCUT2D eigenvalue weighted by molar-refractivity contribution is 8.24. The predicted molar refractivity (Wildman–Crippen MR) is 76.8 cm³/mol. The summed E-state index contributed by atoms with van der Waals surface area (Å²) in [5.41, 5.74) is 0.537. The van der Waals surface area contributed by atoms with E-state index in [9.17, 15) is 9.59 Å². The van der Waals surface area contributed by atoms with Gasteiger partial charge in [0.25, 0.3) is 0 Å². The number of hydrogen-bond donors (Lipinski definition) is 2. The van der Waals surface area contributed by atoms with Gasteiger partial charge < -0.3 is 10.6 Å². The molecule has 1 aliphatic rings. The fourth-order valence-electron chi connectivity index (χ4n) is 1.46. The van der Waals surface area contributed by atoms with Gasteiger partial charge in [0.15, 0.2) is 0 Å². The lowest BCUT2D eigenvalue weighted by molar-refractivity contribution is -0.122. The Labute approximate surface area is 118 Å². The zero-order valence-electron chi connectivity index (χ0n) is 9.10. The van der Waals surface area contributed by atoms with Crippen molar-refractivity contribution in [3.8, 4) is 0 Å². The zero-order chi connectivity index (χ0) is 13.1. The van der Waals surface area contributed by atoms with Gasteiger partial charge in [-0.15, -0.1) is 0 Å². The molecule has 0 spiro atoms. The Bertz CT molecular complexity index is 522. The lowest BCUT2D eigenvalue weighted by atomic mass is 10.2. The lowest BCUT2D eigenvalue weighted by Crippen LogP contribution is -2.27. The second kappa shape index (κ2) is 5.69. The fourth-order valence-corrected chi connectivity index (χ4v) is 2.91. The van der Waals surface area contributed by atoms with Gasteiger partial charge in [0.1, 0.15) is 4.32 Å². The van der Waals surface area contributed by atoms with Gasteiger partial charge in [0, 0.05) is 6.42 Å². The zero-order valence-corrected chi connectivity index (χ0v) is 11.5. The van der Waals surface area contributed by atoms with Crippen LogP contribution in [0.25, 0.3) is 0 Å². The normalized spacial score (nSPS) is 18.6. The van der Waals surface area contributed by atoms with E-state index in [4.69, 9.17) is 23.8 Å². The van der Waals surface area contributed by atoms with Gasteiger partial charge >= 0.3 is 0 Å². The number of rotatable bonds is 3. The molecule has 1 saturated heterocycles. The number of para-hydroxylation sites is 1. The minimum Gasteiger partial charge on any atom is -0.325 e. The van der Waals surface area contributed by atoms with Gasteiger partial charge in [-0.05, 0) is 12.1 Å². The van der Waals surface area contributed by atoms with E-state index in [1.165, 1.54) is 11.8 Å². The molecule has 1 aliphatic heterocycles. The predicted octanol–water partition coefficient (Wildman–Crippen LogP) is 2.19. The number of nitrogens with one attached hydrogen (secondary N) is 2. The van der Waals surface area contributed by atoms with Crippen molar-refractivity contribution in [2.24, 2.45) is 0 Å². The molecule has 0 aromatic heterocycles. The van der Waals surface area contributed by atoms with Crippen LogP contribution in [0.5, 0.6) is 0 Å². The third-order valence-electron chi connectivity index (χ3n) is 2.29. The van der Waals surface area contributed by atoms with Gasteiger partial charge in [-0.3, -0.25) is 9.59 Å². The Balaban J connectivity index is 1.95. The molecule has 0 radical (unpaired) electrons. The van der Waals surface area contributed by atoms with Crippen molar-refractivity contribution >= 4 is 57.4 Å². The smallest absolute Gasteiger partial charge is 0.239 e. The number of carbonyl (C=O) groups excluding carboxylic acids is 2. The molecule has 1 fully saturated rings. The van der Waals surface area contributed by atoms with Crippen LogP contribution < -0.4 is 10.6 Å². The number of anilines is 1. The third kappa shape index (κ3) is 3.22. The molecule has 0 bridgehead atoms. The molecule has 2 N–H and O–H groups in total. The SMILES string of the molecule is O=C(C[C@@H]1SC(=S)NC1=O)Nc1ccccc1Cl. The summed E-state index contributed by atoms with van der Waals surface area (Å²) in [6.07, 6.45) is 0.0713. The second-order valence-electron chi connectivity index (χ2n) is 3.62. The summed E-state index contributed by atoms with van der Waals surface area (Å²) in [7, 11) is 0. The number of thiocarbonyl (C=S) groups is 1. The molecule has 1 atom stereocenters. The van der Waals surface area contributed by atoms with E-state index in [1.807, 2.05) is 0 Å². The maximum Gasteiger partial charge on any atom is 0.239 e. The van der Waals surface area contributed by atoms with E-state index < -0.39 is 5.25 Å². The molecule has 1 aromatic rings. The number of halogens is 1. The quantitative estimate of drug-likeness (QED) is 0.840. The minimum absolute atomic E-state index is 0.0713. The summed E-state index contributed by atoms with van der Waals surface area (Å²) in [5, 5.41) is 5.17. The van der Waals surface area contributed by atoms with Gasteiger partial charge in [0.2, 0.25) is 11.8 Å². The van der Waals surface area contributed by atoms with Crippen molar-refractivity contribution < 1.29 is 9.59 Å². The van der Waals surface area contributed by atoms with E-state index in [2.05, 4.69) is 10.6 Å². The van der Waals surface area contributed by atoms with Crippen molar-refractivity contribution in [3.05, 3.63) is 29.3 Å². The van der Waals surface area contributed by atoms with E-state index >= 15 is 0 Å². The number of hydrogen-bond acceptors (Lipinski definition) is 4. The van der Waals surface area contributed by atoms with Crippen LogP contribution in [0.1, 0.15) is 6.42 Å². The van der Waals surface area contributed by atoms with Crippen LogP contribution in [-0.2, 0) is 9.59 Å². The second-order valence-corrected chi connectivity index (χ2v) is 5.90. The molecule has 2 rings (SSSR count).